The van der Waals surface area contributed by atoms with Gasteiger partial charge >= 0.3 is 0 Å². The first-order valence-electron chi connectivity index (χ1n) is 21.1. The number of aromatic hydroxyl groups is 1. The van der Waals surface area contributed by atoms with E-state index in [1.165, 1.54) is 0 Å². The fourth-order valence-corrected chi connectivity index (χ4v) is 9.54. The third-order valence-electron chi connectivity index (χ3n) is 13.0. The van der Waals surface area contributed by atoms with Crippen LogP contribution in [0, 0.1) is 0 Å². The number of piperidine rings is 3. The van der Waals surface area contributed by atoms with Crippen LogP contribution in [0.3, 0.4) is 0 Å². The lowest BCUT2D eigenvalue weighted by Crippen LogP contribution is -2.57. The number of hydrogen-bond donors (Lipinski definition) is 2. The summed E-state index contributed by atoms with van der Waals surface area (Å²) >= 11 is 0. The number of anilines is 2. The van der Waals surface area contributed by atoms with E-state index in [1.54, 1.807) is 18.3 Å². The monoisotopic (exact) mass is 798 g/mol. The van der Waals surface area contributed by atoms with Gasteiger partial charge in [-0.25, -0.2) is 0 Å². The Hall–Kier alpha value is -5.82. The number of phenols is 1. The summed E-state index contributed by atoms with van der Waals surface area (Å²) < 4.78 is 0. The Morgan fingerprint density at radius 2 is 1.49 bits per heavy atom. The SMILES string of the molecule is CCN(C(=O)C1(c2ccccc2)CCN(c2cnnc(-c3ccccc3O)c2)CC1)C1CCN(C(=O)CN2CCN(c3ccc([C@H]4CCC(=O)NC4=O)cc3)CC2)CC1. The summed E-state index contributed by atoms with van der Waals surface area (Å²) in [4.78, 5) is 63.3. The van der Waals surface area contributed by atoms with Crippen molar-refractivity contribution in [3.8, 4) is 17.0 Å². The number of nitrogens with zero attached hydrogens (tertiary/aromatic N) is 7. The number of likely N-dealkylation sites (tertiary alicyclic amines) is 1. The lowest BCUT2D eigenvalue weighted by molar-refractivity contribution is -0.143. The molecule has 5 heterocycles. The molecule has 0 bridgehead atoms. The highest BCUT2D eigenvalue weighted by Crippen LogP contribution is 2.40. The van der Waals surface area contributed by atoms with Gasteiger partial charge in [0.15, 0.2) is 0 Å². The van der Waals surface area contributed by atoms with Gasteiger partial charge in [-0.2, -0.15) is 10.2 Å². The van der Waals surface area contributed by atoms with Gasteiger partial charge in [-0.05, 0) is 80.5 Å². The van der Waals surface area contributed by atoms with E-state index in [0.29, 0.717) is 76.2 Å². The Balaban J connectivity index is 0.849. The van der Waals surface area contributed by atoms with E-state index in [4.69, 9.17) is 0 Å². The van der Waals surface area contributed by atoms with E-state index in [9.17, 15) is 24.3 Å². The van der Waals surface area contributed by atoms with Crippen molar-refractivity contribution in [2.75, 3.05) is 75.2 Å². The molecule has 0 spiro atoms. The quantitative estimate of drug-likeness (QED) is 0.219. The second-order valence-electron chi connectivity index (χ2n) is 16.3. The molecule has 0 aliphatic carbocycles. The van der Waals surface area contributed by atoms with Gasteiger partial charge in [-0.1, -0.05) is 54.6 Å². The normalized spacial score (nSPS) is 20.3. The van der Waals surface area contributed by atoms with Crippen LogP contribution in [-0.2, 0) is 24.6 Å². The maximum absolute atomic E-state index is 14.9. The Bertz CT molecular complexity index is 2120. The van der Waals surface area contributed by atoms with Crippen molar-refractivity contribution in [1.29, 1.82) is 0 Å². The maximum atomic E-state index is 14.9. The van der Waals surface area contributed by atoms with Crippen molar-refractivity contribution in [2.24, 2.45) is 0 Å². The molecule has 308 valence electrons. The molecular weight excluding hydrogens is 745 g/mol. The summed E-state index contributed by atoms with van der Waals surface area (Å²) in [6, 6.07) is 27.4. The number of amides is 4. The molecule has 13 heteroatoms. The molecule has 8 rings (SSSR count). The Morgan fingerprint density at radius 3 is 2.17 bits per heavy atom. The largest absolute Gasteiger partial charge is 0.507 e. The molecule has 4 amide bonds. The summed E-state index contributed by atoms with van der Waals surface area (Å²) in [6.07, 6.45) is 5.46. The third kappa shape index (κ3) is 8.52. The number of para-hydroxylation sites is 1. The molecule has 0 radical (unpaired) electrons. The van der Waals surface area contributed by atoms with Crippen molar-refractivity contribution in [1.82, 2.24) is 30.2 Å². The van der Waals surface area contributed by atoms with Gasteiger partial charge in [0.05, 0.1) is 35.5 Å². The van der Waals surface area contributed by atoms with Crippen molar-refractivity contribution < 1.29 is 24.3 Å². The minimum Gasteiger partial charge on any atom is -0.507 e. The van der Waals surface area contributed by atoms with Crippen molar-refractivity contribution in [3.63, 3.8) is 0 Å². The standard InChI is InChI=1S/C46H54N8O5/c1-2-54(45(59)46(34-8-4-3-5-9-34)20-24-51(25-21-46)37-30-40(49-47-31-37)39-10-6-7-11-41(39)55)36-18-22-53(23-19-36)43(57)32-50-26-28-52(29-27-50)35-14-12-33(13-15-35)38-16-17-42(56)48-44(38)58/h3-15,30-31,36,38,55H,2,16-29,32H2,1H3,(H,48,56,58)/t38-/m1/s1. The Morgan fingerprint density at radius 1 is 0.814 bits per heavy atom. The van der Waals surface area contributed by atoms with Gasteiger partial charge in [0.1, 0.15) is 5.75 Å². The highest BCUT2D eigenvalue weighted by atomic mass is 16.3. The number of carbonyl (C=O) groups excluding carboxylic acids is 4. The van der Waals surface area contributed by atoms with Crippen LogP contribution in [0.4, 0.5) is 11.4 Å². The smallest absolute Gasteiger partial charge is 0.236 e. The number of hydrogen-bond acceptors (Lipinski definition) is 10. The summed E-state index contributed by atoms with van der Waals surface area (Å²) in [6.45, 7) is 8.84. The van der Waals surface area contributed by atoms with E-state index < -0.39 is 5.41 Å². The predicted octanol–water partition coefficient (Wildman–Crippen LogP) is 4.57. The summed E-state index contributed by atoms with van der Waals surface area (Å²) in [5.41, 5.74) is 4.55. The van der Waals surface area contributed by atoms with Gasteiger partial charge in [-0.3, -0.25) is 29.4 Å². The zero-order valence-electron chi connectivity index (χ0n) is 33.8. The number of aromatic nitrogens is 2. The topological polar surface area (TPSA) is 143 Å². The van der Waals surface area contributed by atoms with E-state index in [1.807, 2.05) is 65.6 Å². The van der Waals surface area contributed by atoms with Gasteiger partial charge in [-0.15, -0.1) is 0 Å². The summed E-state index contributed by atoms with van der Waals surface area (Å²) in [5, 5.41) is 21.4. The van der Waals surface area contributed by atoms with Crippen molar-refractivity contribution in [3.05, 3.63) is 102 Å². The average molecular weight is 799 g/mol. The van der Waals surface area contributed by atoms with Crippen LogP contribution < -0.4 is 15.1 Å². The molecule has 1 atom stereocenters. The van der Waals surface area contributed by atoms with E-state index in [0.717, 1.165) is 61.5 Å². The second kappa shape index (κ2) is 17.6. The van der Waals surface area contributed by atoms with Crippen LogP contribution in [0.15, 0.2) is 91.1 Å². The van der Waals surface area contributed by atoms with Crippen LogP contribution >= 0.6 is 0 Å². The molecule has 3 aromatic carbocycles. The first-order valence-corrected chi connectivity index (χ1v) is 21.1. The number of nitrogens with one attached hydrogen (secondary N) is 1. The average Bonchev–Trinajstić information content (AvgIpc) is 3.28. The van der Waals surface area contributed by atoms with Gasteiger partial charge < -0.3 is 24.7 Å². The van der Waals surface area contributed by atoms with Gasteiger partial charge in [0.25, 0.3) is 0 Å². The molecule has 2 N–H and O–H groups in total. The second-order valence-corrected chi connectivity index (χ2v) is 16.3. The lowest BCUT2D eigenvalue weighted by Gasteiger charge is -2.47. The number of imide groups is 1. The molecule has 0 unspecified atom stereocenters. The van der Waals surface area contributed by atoms with Crippen LogP contribution in [0.5, 0.6) is 5.75 Å². The highest BCUT2D eigenvalue weighted by molar-refractivity contribution is 6.01. The summed E-state index contributed by atoms with van der Waals surface area (Å²) in [5.74, 6) is -0.252. The molecule has 4 aliphatic rings. The van der Waals surface area contributed by atoms with Gasteiger partial charge in [0, 0.05) is 82.6 Å². The molecule has 1 aromatic heterocycles. The van der Waals surface area contributed by atoms with Crippen molar-refractivity contribution >= 4 is 35.0 Å². The van der Waals surface area contributed by atoms with E-state index >= 15 is 0 Å². The number of rotatable bonds is 10. The molecule has 13 nitrogen and oxygen atoms in total. The zero-order valence-corrected chi connectivity index (χ0v) is 33.8. The minimum absolute atomic E-state index is 0.0607. The third-order valence-corrected chi connectivity index (χ3v) is 13.0. The van der Waals surface area contributed by atoms with Gasteiger partial charge in [0.2, 0.25) is 23.6 Å². The molecular formula is C46H54N8O5. The van der Waals surface area contributed by atoms with E-state index in [2.05, 4.69) is 54.2 Å². The van der Waals surface area contributed by atoms with Crippen LogP contribution in [0.25, 0.3) is 11.3 Å². The first-order chi connectivity index (χ1) is 28.7. The Labute approximate surface area is 346 Å². The molecule has 4 aromatic rings. The number of benzene rings is 3. The predicted molar refractivity (Wildman–Crippen MR) is 226 cm³/mol. The highest BCUT2D eigenvalue weighted by Gasteiger charge is 2.46. The molecule has 4 saturated heterocycles. The number of carbonyl (C=O) groups is 4. The minimum atomic E-state index is -0.667. The van der Waals surface area contributed by atoms with Crippen molar-refractivity contribution in [2.45, 2.75) is 62.8 Å². The maximum Gasteiger partial charge on any atom is 0.236 e. The first kappa shape index (κ1) is 40.0. The number of likely N-dealkylation sites (N-methyl/N-ethyl adjacent to an activating group) is 1. The summed E-state index contributed by atoms with van der Waals surface area (Å²) in [7, 11) is 0. The van der Waals surface area contributed by atoms with E-state index in [-0.39, 0.29) is 41.3 Å². The number of piperazine rings is 1. The fourth-order valence-electron chi connectivity index (χ4n) is 9.54. The van der Waals surface area contributed by atoms with Crippen LogP contribution in [-0.4, -0.2) is 125 Å². The van der Waals surface area contributed by atoms with Crippen LogP contribution in [0.1, 0.15) is 62.5 Å². The number of phenolic OH excluding ortho intramolecular Hbond substituents is 1. The zero-order chi connectivity index (χ0) is 40.9. The molecule has 0 saturated carbocycles. The fraction of sp³-hybridized carbons (Fsp3) is 0.435. The molecule has 4 fully saturated rings. The van der Waals surface area contributed by atoms with Crippen LogP contribution in [0.2, 0.25) is 0 Å². The molecule has 59 heavy (non-hydrogen) atoms. The Kier molecular flexibility index (Phi) is 11.9. The molecule has 4 aliphatic heterocycles. The lowest BCUT2D eigenvalue weighted by atomic mass is 9.71.